The highest BCUT2D eigenvalue weighted by Gasteiger charge is 2.25. The van der Waals surface area contributed by atoms with Crippen LogP contribution in [0.5, 0.6) is 5.75 Å². The van der Waals surface area contributed by atoms with Crippen LogP contribution in [0.2, 0.25) is 0 Å². The molecule has 21 heavy (non-hydrogen) atoms. The first-order chi connectivity index (χ1) is 10.1. The van der Waals surface area contributed by atoms with E-state index in [2.05, 4.69) is 48.1 Å². The predicted molar refractivity (Wildman–Crippen MR) is 90.2 cm³/mol. The fourth-order valence-electron chi connectivity index (χ4n) is 2.64. The van der Waals surface area contributed by atoms with Gasteiger partial charge in [0, 0.05) is 11.0 Å². The molecular formula is C17H26BrNO2. The monoisotopic (exact) mass is 355 g/mol. The van der Waals surface area contributed by atoms with E-state index in [4.69, 9.17) is 9.47 Å². The summed E-state index contributed by atoms with van der Waals surface area (Å²) in [4.78, 5) is 0. The molecule has 0 amide bonds. The molecule has 2 rings (SSSR count). The fraction of sp³-hybridized carbons (Fsp3) is 0.647. The molecule has 0 aliphatic carbocycles. The summed E-state index contributed by atoms with van der Waals surface area (Å²) in [6.45, 7) is 9.08. The Bertz CT molecular complexity index is 450. The number of hydrogen-bond donors (Lipinski definition) is 1. The second-order valence-electron chi connectivity index (χ2n) is 5.91. The summed E-state index contributed by atoms with van der Waals surface area (Å²) in [5, 5.41) is 3.34. The van der Waals surface area contributed by atoms with Crippen LogP contribution in [-0.4, -0.2) is 31.9 Å². The zero-order valence-electron chi connectivity index (χ0n) is 13.2. The van der Waals surface area contributed by atoms with E-state index in [9.17, 15) is 0 Å². The van der Waals surface area contributed by atoms with Gasteiger partial charge in [0.2, 0.25) is 0 Å². The molecular weight excluding hydrogens is 330 g/mol. The highest BCUT2D eigenvalue weighted by Crippen LogP contribution is 2.30. The summed E-state index contributed by atoms with van der Waals surface area (Å²) in [5.41, 5.74) is 1.24. The van der Waals surface area contributed by atoms with Gasteiger partial charge in [-0.15, -0.1) is 0 Å². The van der Waals surface area contributed by atoms with Crippen LogP contribution in [0.3, 0.4) is 0 Å². The van der Waals surface area contributed by atoms with Crippen molar-refractivity contribution < 1.29 is 9.47 Å². The molecule has 1 aliphatic heterocycles. The second-order valence-corrected chi connectivity index (χ2v) is 6.83. The van der Waals surface area contributed by atoms with Gasteiger partial charge in [-0.05, 0) is 49.1 Å². The molecule has 1 saturated heterocycles. The van der Waals surface area contributed by atoms with Crippen LogP contribution in [0.25, 0.3) is 0 Å². The third kappa shape index (κ3) is 4.97. The topological polar surface area (TPSA) is 30.5 Å². The molecule has 1 aromatic rings. The van der Waals surface area contributed by atoms with Crippen molar-refractivity contribution in [1.29, 1.82) is 0 Å². The van der Waals surface area contributed by atoms with E-state index < -0.39 is 0 Å². The number of benzene rings is 1. The van der Waals surface area contributed by atoms with E-state index in [0.29, 0.717) is 18.6 Å². The number of hydrogen-bond acceptors (Lipinski definition) is 3. The Balaban J connectivity index is 1.86. The summed E-state index contributed by atoms with van der Waals surface area (Å²) in [7, 11) is 0. The molecule has 1 heterocycles. The lowest BCUT2D eigenvalue weighted by atomic mass is 10.0. The lowest BCUT2D eigenvalue weighted by molar-refractivity contribution is 0.0185. The standard InChI is InChI=1S/C17H26BrNO2/c1-4-19-10-14-6-7-15(21-14)11-20-17-8-5-13(18)9-16(17)12(2)3/h5,8-9,12,14-15,19H,4,6-7,10-11H2,1-3H3. The highest BCUT2D eigenvalue weighted by atomic mass is 79.9. The van der Waals surface area contributed by atoms with Crippen molar-refractivity contribution in [2.45, 2.75) is 51.7 Å². The van der Waals surface area contributed by atoms with Crippen molar-refractivity contribution in [3.8, 4) is 5.75 Å². The van der Waals surface area contributed by atoms with Crippen molar-refractivity contribution in [2.75, 3.05) is 19.7 Å². The van der Waals surface area contributed by atoms with Gasteiger partial charge >= 0.3 is 0 Å². The highest BCUT2D eigenvalue weighted by molar-refractivity contribution is 9.10. The molecule has 4 heteroatoms. The molecule has 1 fully saturated rings. The molecule has 2 atom stereocenters. The van der Waals surface area contributed by atoms with Gasteiger partial charge in [-0.25, -0.2) is 0 Å². The summed E-state index contributed by atoms with van der Waals surface area (Å²) < 4.78 is 13.1. The van der Waals surface area contributed by atoms with Gasteiger partial charge in [0.15, 0.2) is 0 Å². The van der Waals surface area contributed by atoms with E-state index in [-0.39, 0.29) is 6.10 Å². The van der Waals surface area contributed by atoms with Crippen LogP contribution in [-0.2, 0) is 4.74 Å². The Morgan fingerprint density at radius 3 is 2.81 bits per heavy atom. The number of ether oxygens (including phenoxy) is 2. The van der Waals surface area contributed by atoms with Crippen molar-refractivity contribution in [3.63, 3.8) is 0 Å². The van der Waals surface area contributed by atoms with Crippen molar-refractivity contribution >= 4 is 15.9 Å². The molecule has 0 bridgehead atoms. The predicted octanol–water partition coefficient (Wildman–Crippen LogP) is 4.11. The molecule has 1 N–H and O–H groups in total. The maximum atomic E-state index is 6.02. The normalized spacial score (nSPS) is 22.0. The Labute approximate surface area is 136 Å². The van der Waals surface area contributed by atoms with Gasteiger partial charge in [0.1, 0.15) is 12.4 Å². The number of halogens is 1. The Kier molecular flexibility index (Phi) is 6.52. The van der Waals surface area contributed by atoms with E-state index in [0.717, 1.165) is 36.2 Å². The lowest BCUT2D eigenvalue weighted by Gasteiger charge is -2.18. The van der Waals surface area contributed by atoms with Crippen LogP contribution >= 0.6 is 15.9 Å². The van der Waals surface area contributed by atoms with E-state index in [1.807, 2.05) is 12.1 Å². The molecule has 1 aliphatic rings. The first-order valence-corrected chi connectivity index (χ1v) is 8.67. The van der Waals surface area contributed by atoms with E-state index in [1.54, 1.807) is 0 Å². The summed E-state index contributed by atoms with van der Waals surface area (Å²) >= 11 is 3.53. The molecule has 1 aromatic carbocycles. The minimum Gasteiger partial charge on any atom is -0.491 e. The molecule has 2 unspecified atom stereocenters. The Hall–Kier alpha value is -0.580. The minimum absolute atomic E-state index is 0.220. The summed E-state index contributed by atoms with van der Waals surface area (Å²) in [5.74, 6) is 1.43. The van der Waals surface area contributed by atoms with Crippen molar-refractivity contribution in [2.24, 2.45) is 0 Å². The Morgan fingerprint density at radius 1 is 1.33 bits per heavy atom. The quantitative estimate of drug-likeness (QED) is 0.798. The molecule has 118 valence electrons. The number of likely N-dealkylation sites (N-methyl/N-ethyl adjacent to an activating group) is 1. The average Bonchev–Trinajstić information content (AvgIpc) is 2.91. The lowest BCUT2D eigenvalue weighted by Crippen LogP contribution is -2.28. The van der Waals surface area contributed by atoms with Gasteiger partial charge in [-0.3, -0.25) is 0 Å². The molecule has 0 aromatic heterocycles. The first-order valence-electron chi connectivity index (χ1n) is 7.88. The summed E-state index contributed by atoms with van der Waals surface area (Å²) in [6.07, 6.45) is 2.77. The maximum Gasteiger partial charge on any atom is 0.122 e. The third-order valence-electron chi connectivity index (χ3n) is 3.84. The van der Waals surface area contributed by atoms with Crippen LogP contribution < -0.4 is 10.1 Å². The van der Waals surface area contributed by atoms with Crippen LogP contribution in [0, 0.1) is 0 Å². The molecule has 3 nitrogen and oxygen atoms in total. The average molecular weight is 356 g/mol. The van der Waals surface area contributed by atoms with E-state index >= 15 is 0 Å². The SMILES string of the molecule is CCNCC1CCC(COc2ccc(Br)cc2C(C)C)O1. The van der Waals surface area contributed by atoms with Gasteiger partial charge in [-0.1, -0.05) is 36.7 Å². The molecule has 0 radical (unpaired) electrons. The van der Waals surface area contributed by atoms with Crippen LogP contribution in [0.1, 0.15) is 45.1 Å². The van der Waals surface area contributed by atoms with Crippen molar-refractivity contribution in [1.82, 2.24) is 5.32 Å². The van der Waals surface area contributed by atoms with Gasteiger partial charge in [0.25, 0.3) is 0 Å². The fourth-order valence-corrected chi connectivity index (χ4v) is 3.02. The minimum atomic E-state index is 0.220. The van der Waals surface area contributed by atoms with Crippen LogP contribution in [0.4, 0.5) is 0 Å². The van der Waals surface area contributed by atoms with Crippen molar-refractivity contribution in [3.05, 3.63) is 28.2 Å². The zero-order valence-corrected chi connectivity index (χ0v) is 14.8. The Morgan fingerprint density at radius 2 is 2.10 bits per heavy atom. The van der Waals surface area contributed by atoms with Gasteiger partial charge in [-0.2, -0.15) is 0 Å². The largest absolute Gasteiger partial charge is 0.491 e. The van der Waals surface area contributed by atoms with Crippen LogP contribution in [0.15, 0.2) is 22.7 Å². The van der Waals surface area contributed by atoms with E-state index in [1.165, 1.54) is 5.56 Å². The van der Waals surface area contributed by atoms with Gasteiger partial charge < -0.3 is 14.8 Å². The molecule has 0 saturated carbocycles. The third-order valence-corrected chi connectivity index (χ3v) is 4.33. The maximum absolute atomic E-state index is 6.02. The zero-order chi connectivity index (χ0) is 15.2. The second kappa shape index (κ2) is 8.16. The number of nitrogens with one attached hydrogen (secondary N) is 1. The van der Waals surface area contributed by atoms with Gasteiger partial charge in [0.05, 0.1) is 12.2 Å². The molecule has 0 spiro atoms. The number of rotatable bonds is 7. The summed E-state index contributed by atoms with van der Waals surface area (Å²) in [6, 6.07) is 6.22. The smallest absolute Gasteiger partial charge is 0.122 e. The first kappa shape index (κ1) is 16.8.